The lowest BCUT2D eigenvalue weighted by Crippen LogP contribution is -2.30. The van der Waals surface area contributed by atoms with E-state index in [2.05, 4.69) is 5.32 Å². The van der Waals surface area contributed by atoms with E-state index in [1.807, 2.05) is 6.92 Å². The number of hydrogen-bond donors (Lipinski definition) is 1. The number of esters is 1. The topological polar surface area (TPSA) is 73.9 Å². The second kappa shape index (κ2) is 10.4. The van der Waals surface area contributed by atoms with Crippen molar-refractivity contribution in [1.29, 1.82) is 0 Å². The number of carbonyl (C=O) groups excluding carboxylic acids is 2. The Hall–Kier alpha value is -3.16. The molecule has 0 aromatic heterocycles. The first-order valence-electron chi connectivity index (χ1n) is 9.22. The summed E-state index contributed by atoms with van der Waals surface area (Å²) in [6.07, 6.45) is -0.394. The molecule has 1 amide bonds. The van der Waals surface area contributed by atoms with Crippen LogP contribution in [0.15, 0.2) is 36.4 Å². The monoisotopic (exact) mass is 407 g/mol. The molecule has 156 valence electrons. The summed E-state index contributed by atoms with van der Waals surface area (Å²) in [6.45, 7) is 5.99. The molecule has 1 N–H and O–H groups in total. The molecule has 0 spiro atoms. The fourth-order valence-corrected chi connectivity index (χ4v) is 2.34. The van der Waals surface area contributed by atoms with Crippen LogP contribution in [0, 0.1) is 11.6 Å². The van der Waals surface area contributed by atoms with Crippen LogP contribution in [0.1, 0.15) is 37.6 Å². The highest BCUT2D eigenvalue weighted by molar-refractivity contribution is 5.97. The van der Waals surface area contributed by atoms with Gasteiger partial charge in [-0.3, -0.25) is 4.79 Å². The maximum atomic E-state index is 13.7. The van der Waals surface area contributed by atoms with E-state index in [-0.39, 0.29) is 11.3 Å². The number of benzene rings is 2. The van der Waals surface area contributed by atoms with Crippen molar-refractivity contribution >= 4 is 17.6 Å². The van der Waals surface area contributed by atoms with Crippen molar-refractivity contribution in [2.24, 2.45) is 0 Å². The maximum Gasteiger partial charge on any atom is 0.339 e. The molecular weight excluding hydrogens is 384 g/mol. The molecule has 0 bridgehead atoms. The summed E-state index contributed by atoms with van der Waals surface area (Å²) in [5.41, 5.74) is -0.0414. The smallest absolute Gasteiger partial charge is 0.339 e. The lowest BCUT2D eigenvalue weighted by Gasteiger charge is -2.15. The molecule has 1 atom stereocenters. The summed E-state index contributed by atoms with van der Waals surface area (Å²) < 4.78 is 42.8. The summed E-state index contributed by atoms with van der Waals surface area (Å²) in [4.78, 5) is 24.5. The average molecular weight is 407 g/mol. The zero-order chi connectivity index (χ0) is 21.4. The second-order valence-corrected chi connectivity index (χ2v) is 6.10. The van der Waals surface area contributed by atoms with Gasteiger partial charge in [0.05, 0.1) is 24.5 Å². The molecule has 0 heterocycles. The van der Waals surface area contributed by atoms with Crippen LogP contribution in [-0.4, -0.2) is 31.2 Å². The van der Waals surface area contributed by atoms with E-state index in [1.54, 1.807) is 13.0 Å². The Morgan fingerprint density at radius 1 is 1.03 bits per heavy atom. The molecule has 2 aromatic carbocycles. The highest BCUT2D eigenvalue weighted by Gasteiger charge is 2.21. The highest BCUT2D eigenvalue weighted by atomic mass is 19.1. The fraction of sp³-hybridized carbons (Fsp3) is 0.333. The van der Waals surface area contributed by atoms with Gasteiger partial charge in [0.1, 0.15) is 11.6 Å². The third kappa shape index (κ3) is 6.17. The number of halogens is 2. The Labute approximate surface area is 167 Å². The Bertz CT molecular complexity index is 872. The van der Waals surface area contributed by atoms with Crippen LogP contribution in [0.5, 0.6) is 11.5 Å². The predicted octanol–water partition coefficient (Wildman–Crippen LogP) is 4.34. The number of rotatable bonds is 9. The molecule has 2 rings (SSSR count). The number of nitrogens with one attached hydrogen (secondary N) is 1. The lowest BCUT2D eigenvalue weighted by molar-refractivity contribution is -0.123. The molecule has 1 unspecified atom stereocenters. The van der Waals surface area contributed by atoms with Crippen molar-refractivity contribution in [1.82, 2.24) is 0 Å². The van der Waals surface area contributed by atoms with Gasteiger partial charge in [0.25, 0.3) is 5.91 Å². The van der Waals surface area contributed by atoms with Crippen LogP contribution in [0.4, 0.5) is 14.5 Å². The van der Waals surface area contributed by atoms with Gasteiger partial charge in [0, 0.05) is 6.07 Å². The number of ether oxygens (including phenoxy) is 3. The minimum Gasteiger partial charge on any atom is -0.490 e. The van der Waals surface area contributed by atoms with E-state index < -0.39 is 29.6 Å². The highest BCUT2D eigenvalue weighted by Crippen LogP contribution is 2.29. The second-order valence-electron chi connectivity index (χ2n) is 6.10. The van der Waals surface area contributed by atoms with Gasteiger partial charge in [-0.2, -0.15) is 0 Å². The van der Waals surface area contributed by atoms with Crippen molar-refractivity contribution < 1.29 is 32.6 Å². The standard InChI is InChI=1S/C21H23F2NO5/c1-4-10-28-18-9-6-14(11-19(18)27-5-2)21(26)29-13(3)20(25)24-17-8-7-15(22)12-16(17)23/h6-9,11-13H,4-5,10H2,1-3H3,(H,24,25). The van der Waals surface area contributed by atoms with Crippen LogP contribution >= 0.6 is 0 Å². The van der Waals surface area contributed by atoms with Crippen LogP contribution < -0.4 is 14.8 Å². The number of anilines is 1. The first-order chi connectivity index (χ1) is 13.8. The predicted molar refractivity (Wildman–Crippen MR) is 103 cm³/mol. The quantitative estimate of drug-likeness (QED) is 0.626. The van der Waals surface area contributed by atoms with Crippen LogP contribution in [0.2, 0.25) is 0 Å². The van der Waals surface area contributed by atoms with Crippen LogP contribution in [-0.2, 0) is 9.53 Å². The van der Waals surface area contributed by atoms with Gasteiger partial charge in [0.2, 0.25) is 0 Å². The molecule has 8 heteroatoms. The van der Waals surface area contributed by atoms with Crippen LogP contribution in [0.3, 0.4) is 0 Å². The maximum absolute atomic E-state index is 13.7. The minimum atomic E-state index is -1.21. The van der Waals surface area contributed by atoms with E-state index in [0.29, 0.717) is 30.8 Å². The fourth-order valence-electron chi connectivity index (χ4n) is 2.34. The molecule has 0 aliphatic rings. The van der Waals surface area contributed by atoms with E-state index in [9.17, 15) is 18.4 Å². The zero-order valence-electron chi connectivity index (χ0n) is 16.5. The van der Waals surface area contributed by atoms with Crippen molar-refractivity contribution in [2.75, 3.05) is 18.5 Å². The Balaban J connectivity index is 2.05. The molecule has 0 aliphatic carbocycles. The van der Waals surface area contributed by atoms with Gasteiger partial charge in [-0.15, -0.1) is 0 Å². The first kappa shape index (κ1) is 22.1. The molecule has 0 saturated carbocycles. The molecule has 0 aliphatic heterocycles. The molecular formula is C21H23F2NO5. The normalized spacial score (nSPS) is 11.5. The third-order valence-electron chi connectivity index (χ3n) is 3.78. The summed E-state index contributed by atoms with van der Waals surface area (Å²) in [6, 6.07) is 7.30. The van der Waals surface area contributed by atoms with Gasteiger partial charge in [-0.05, 0) is 50.6 Å². The van der Waals surface area contributed by atoms with Crippen molar-refractivity contribution in [3.8, 4) is 11.5 Å². The summed E-state index contributed by atoms with van der Waals surface area (Å²) in [7, 11) is 0. The number of amides is 1. The molecule has 29 heavy (non-hydrogen) atoms. The molecule has 0 saturated heterocycles. The summed E-state index contributed by atoms with van der Waals surface area (Å²) >= 11 is 0. The van der Waals surface area contributed by atoms with E-state index in [4.69, 9.17) is 14.2 Å². The van der Waals surface area contributed by atoms with Gasteiger partial charge in [-0.1, -0.05) is 6.92 Å². The third-order valence-corrected chi connectivity index (χ3v) is 3.78. The Kier molecular flexibility index (Phi) is 7.94. The van der Waals surface area contributed by atoms with Crippen LogP contribution in [0.25, 0.3) is 0 Å². The number of carbonyl (C=O) groups is 2. The van der Waals surface area contributed by atoms with Crippen molar-refractivity contribution in [2.45, 2.75) is 33.3 Å². The minimum absolute atomic E-state index is 0.171. The van der Waals surface area contributed by atoms with Gasteiger partial charge < -0.3 is 19.5 Å². The lowest BCUT2D eigenvalue weighted by atomic mass is 10.2. The molecule has 6 nitrogen and oxygen atoms in total. The Morgan fingerprint density at radius 2 is 1.79 bits per heavy atom. The largest absolute Gasteiger partial charge is 0.490 e. The summed E-state index contributed by atoms with van der Waals surface area (Å²) in [5, 5.41) is 2.26. The molecule has 0 radical (unpaired) electrons. The van der Waals surface area contributed by atoms with E-state index in [1.165, 1.54) is 19.1 Å². The van der Waals surface area contributed by atoms with E-state index in [0.717, 1.165) is 18.6 Å². The van der Waals surface area contributed by atoms with Crippen molar-refractivity contribution in [3.05, 3.63) is 53.6 Å². The average Bonchev–Trinajstić information content (AvgIpc) is 2.69. The number of hydrogen-bond acceptors (Lipinski definition) is 5. The zero-order valence-corrected chi connectivity index (χ0v) is 16.5. The van der Waals surface area contributed by atoms with Crippen molar-refractivity contribution in [3.63, 3.8) is 0 Å². The van der Waals surface area contributed by atoms with Gasteiger partial charge in [0.15, 0.2) is 17.6 Å². The SMILES string of the molecule is CCCOc1ccc(C(=O)OC(C)C(=O)Nc2ccc(F)cc2F)cc1OCC. The Morgan fingerprint density at radius 3 is 2.45 bits per heavy atom. The van der Waals surface area contributed by atoms with Gasteiger partial charge in [-0.25, -0.2) is 13.6 Å². The molecule has 2 aromatic rings. The van der Waals surface area contributed by atoms with Gasteiger partial charge >= 0.3 is 5.97 Å². The van der Waals surface area contributed by atoms with E-state index >= 15 is 0 Å². The summed E-state index contributed by atoms with van der Waals surface area (Å²) in [5.74, 6) is -2.31. The molecule has 0 fully saturated rings. The first-order valence-corrected chi connectivity index (χ1v) is 9.22.